The number of benzene rings is 2. The second-order valence-electron chi connectivity index (χ2n) is 4.48. The smallest absolute Gasteiger partial charge is 0.339 e. The van der Waals surface area contributed by atoms with Gasteiger partial charge in [-0.2, -0.15) is 0 Å². The van der Waals surface area contributed by atoms with Crippen molar-refractivity contribution in [2.24, 2.45) is 0 Å². The van der Waals surface area contributed by atoms with Gasteiger partial charge in [-0.25, -0.2) is 14.2 Å². The van der Waals surface area contributed by atoms with Gasteiger partial charge >= 0.3 is 5.97 Å². The summed E-state index contributed by atoms with van der Waals surface area (Å²) in [6.07, 6.45) is 0. The van der Waals surface area contributed by atoms with Gasteiger partial charge in [0.05, 0.1) is 5.52 Å². The normalized spacial score (nSPS) is 10.8. The monoisotopic (exact) mass is 345 g/mol. The Morgan fingerprint density at radius 3 is 2.52 bits per heavy atom. The third kappa shape index (κ3) is 2.40. The highest BCUT2D eigenvalue weighted by Gasteiger charge is 2.21. The molecule has 3 aromatic rings. The molecular weight excluding hydrogens is 337 g/mol. The Balaban J connectivity index is 2.41. The largest absolute Gasteiger partial charge is 0.478 e. The average Bonchev–Trinajstić information content (AvgIpc) is 2.47. The van der Waals surface area contributed by atoms with Crippen LogP contribution in [0.2, 0.25) is 0 Å². The number of aromatic carboxylic acids is 1. The van der Waals surface area contributed by atoms with E-state index in [0.717, 1.165) is 0 Å². The van der Waals surface area contributed by atoms with Crippen LogP contribution in [-0.2, 0) is 0 Å². The highest BCUT2D eigenvalue weighted by molar-refractivity contribution is 9.10. The van der Waals surface area contributed by atoms with Gasteiger partial charge in [0.15, 0.2) is 5.82 Å². The molecule has 0 fully saturated rings. The molecule has 0 radical (unpaired) electrons. The van der Waals surface area contributed by atoms with E-state index in [1.165, 1.54) is 0 Å². The van der Waals surface area contributed by atoms with Gasteiger partial charge < -0.3 is 5.11 Å². The first-order valence-corrected chi connectivity index (χ1v) is 6.94. The second kappa shape index (κ2) is 5.26. The minimum Gasteiger partial charge on any atom is -0.478 e. The van der Waals surface area contributed by atoms with E-state index in [1.807, 2.05) is 0 Å². The third-order valence-electron chi connectivity index (χ3n) is 3.15. The van der Waals surface area contributed by atoms with Gasteiger partial charge in [0, 0.05) is 15.4 Å². The van der Waals surface area contributed by atoms with Gasteiger partial charge in [-0.05, 0) is 18.2 Å². The van der Waals surface area contributed by atoms with Crippen molar-refractivity contribution in [1.82, 2.24) is 4.98 Å². The summed E-state index contributed by atoms with van der Waals surface area (Å²) < 4.78 is 15.3. The molecule has 0 aliphatic carbocycles. The zero-order valence-corrected chi connectivity index (χ0v) is 12.3. The first kappa shape index (κ1) is 13.7. The van der Waals surface area contributed by atoms with Crippen molar-refractivity contribution in [3.8, 4) is 11.3 Å². The van der Waals surface area contributed by atoms with Crippen LogP contribution in [0.5, 0.6) is 0 Å². The van der Waals surface area contributed by atoms with Gasteiger partial charge in [0.1, 0.15) is 11.3 Å². The van der Waals surface area contributed by atoms with Crippen LogP contribution >= 0.6 is 15.9 Å². The molecule has 1 N–H and O–H groups in total. The fourth-order valence-corrected chi connectivity index (χ4v) is 2.57. The highest BCUT2D eigenvalue weighted by atomic mass is 79.9. The Morgan fingerprint density at radius 2 is 1.86 bits per heavy atom. The lowest BCUT2D eigenvalue weighted by atomic mass is 10.0. The summed E-state index contributed by atoms with van der Waals surface area (Å²) in [6.45, 7) is 0. The molecule has 0 saturated carbocycles. The molecule has 3 rings (SSSR count). The van der Waals surface area contributed by atoms with Gasteiger partial charge in [0.2, 0.25) is 0 Å². The van der Waals surface area contributed by atoms with Crippen LogP contribution in [0.4, 0.5) is 4.39 Å². The number of pyridine rings is 1. The molecule has 5 heteroatoms. The SMILES string of the molecule is O=C(O)c1c(F)c(-c2ccccc2)nc2ccc(Br)cc12. The van der Waals surface area contributed by atoms with Crippen molar-refractivity contribution in [3.63, 3.8) is 0 Å². The summed E-state index contributed by atoms with van der Waals surface area (Å²) in [4.78, 5) is 15.7. The number of carboxylic acid groups (broad SMARTS) is 1. The number of hydrogen-bond acceptors (Lipinski definition) is 2. The number of carbonyl (C=O) groups is 1. The fourth-order valence-electron chi connectivity index (χ4n) is 2.21. The van der Waals surface area contributed by atoms with Crippen molar-refractivity contribution >= 4 is 32.8 Å². The number of fused-ring (bicyclic) bond motifs is 1. The maximum Gasteiger partial charge on any atom is 0.339 e. The molecule has 0 unspecified atom stereocenters. The molecule has 3 nitrogen and oxygen atoms in total. The summed E-state index contributed by atoms with van der Waals surface area (Å²) in [6, 6.07) is 13.7. The minimum atomic E-state index is -1.31. The van der Waals surface area contributed by atoms with Gasteiger partial charge in [-0.1, -0.05) is 46.3 Å². The quantitative estimate of drug-likeness (QED) is 0.743. The molecule has 104 valence electrons. The number of carboxylic acids is 1. The first-order chi connectivity index (χ1) is 10.1. The van der Waals surface area contributed by atoms with Gasteiger partial charge in [-0.15, -0.1) is 0 Å². The zero-order valence-electron chi connectivity index (χ0n) is 10.7. The van der Waals surface area contributed by atoms with Crippen LogP contribution in [0.15, 0.2) is 53.0 Å². The summed E-state index contributed by atoms with van der Waals surface area (Å²) in [5.74, 6) is -2.13. The third-order valence-corrected chi connectivity index (χ3v) is 3.64. The topological polar surface area (TPSA) is 50.2 Å². The number of nitrogens with zero attached hydrogens (tertiary/aromatic N) is 1. The maximum absolute atomic E-state index is 14.6. The van der Waals surface area contributed by atoms with Crippen LogP contribution in [-0.4, -0.2) is 16.1 Å². The molecule has 0 amide bonds. The van der Waals surface area contributed by atoms with E-state index in [2.05, 4.69) is 20.9 Å². The van der Waals surface area contributed by atoms with E-state index in [9.17, 15) is 14.3 Å². The molecule has 0 saturated heterocycles. The average molecular weight is 346 g/mol. The fraction of sp³-hybridized carbons (Fsp3) is 0. The standard InChI is InChI=1S/C16H9BrFNO2/c17-10-6-7-12-11(8-10)13(16(20)21)14(18)15(19-12)9-4-2-1-3-5-9/h1-8H,(H,20,21). The summed E-state index contributed by atoms with van der Waals surface area (Å²) in [5.41, 5.74) is 0.668. The summed E-state index contributed by atoms with van der Waals surface area (Å²) >= 11 is 3.26. The first-order valence-electron chi connectivity index (χ1n) is 6.15. The van der Waals surface area contributed by atoms with Crippen LogP contribution in [0, 0.1) is 5.82 Å². The predicted molar refractivity (Wildman–Crippen MR) is 81.8 cm³/mol. The Morgan fingerprint density at radius 1 is 1.14 bits per heavy atom. The second-order valence-corrected chi connectivity index (χ2v) is 5.40. The lowest BCUT2D eigenvalue weighted by Gasteiger charge is -2.09. The van der Waals surface area contributed by atoms with Gasteiger partial charge in [-0.3, -0.25) is 0 Å². The van der Waals surface area contributed by atoms with Crippen molar-refractivity contribution in [2.75, 3.05) is 0 Å². The molecule has 21 heavy (non-hydrogen) atoms. The van der Waals surface area contributed by atoms with E-state index >= 15 is 0 Å². The minimum absolute atomic E-state index is 0.0443. The molecule has 1 heterocycles. The van der Waals surface area contributed by atoms with Crippen LogP contribution < -0.4 is 0 Å². The van der Waals surface area contributed by atoms with Gasteiger partial charge in [0.25, 0.3) is 0 Å². The Kier molecular flexibility index (Phi) is 3.43. The van der Waals surface area contributed by atoms with Crippen molar-refractivity contribution in [1.29, 1.82) is 0 Å². The number of rotatable bonds is 2. The Bertz CT molecular complexity index is 850. The number of aromatic nitrogens is 1. The van der Waals surface area contributed by atoms with E-state index < -0.39 is 11.8 Å². The molecule has 0 aliphatic heterocycles. The molecule has 0 atom stereocenters. The van der Waals surface area contributed by atoms with Crippen LogP contribution in [0.1, 0.15) is 10.4 Å². The molecule has 0 spiro atoms. The van der Waals surface area contributed by atoms with E-state index in [1.54, 1.807) is 48.5 Å². The summed E-state index contributed by atoms with van der Waals surface area (Å²) in [5, 5.41) is 9.62. The predicted octanol–water partition coefficient (Wildman–Crippen LogP) is 4.50. The Hall–Kier alpha value is -2.27. The zero-order chi connectivity index (χ0) is 15.0. The lowest BCUT2D eigenvalue weighted by Crippen LogP contribution is -2.05. The van der Waals surface area contributed by atoms with Crippen molar-refractivity contribution in [2.45, 2.75) is 0 Å². The summed E-state index contributed by atoms with van der Waals surface area (Å²) in [7, 11) is 0. The molecular formula is C16H9BrFNO2. The molecule has 0 aliphatic rings. The molecule has 1 aromatic heterocycles. The van der Waals surface area contributed by atoms with Crippen molar-refractivity contribution < 1.29 is 14.3 Å². The van der Waals surface area contributed by atoms with Crippen LogP contribution in [0.25, 0.3) is 22.2 Å². The van der Waals surface area contributed by atoms with Crippen LogP contribution in [0.3, 0.4) is 0 Å². The number of hydrogen-bond donors (Lipinski definition) is 1. The van der Waals surface area contributed by atoms with E-state index in [0.29, 0.717) is 15.6 Å². The lowest BCUT2D eigenvalue weighted by molar-refractivity contribution is 0.0694. The molecule has 0 bridgehead atoms. The molecule has 2 aromatic carbocycles. The Labute approximate surface area is 128 Å². The van der Waals surface area contributed by atoms with E-state index in [4.69, 9.17) is 0 Å². The highest BCUT2D eigenvalue weighted by Crippen LogP contribution is 2.30. The number of halogens is 2. The van der Waals surface area contributed by atoms with Crippen molar-refractivity contribution in [3.05, 3.63) is 64.4 Å². The van der Waals surface area contributed by atoms with E-state index in [-0.39, 0.29) is 16.6 Å². The maximum atomic E-state index is 14.6.